The molecule has 12 heteroatoms. The van der Waals surface area contributed by atoms with Crippen LogP contribution in [0.3, 0.4) is 0 Å². The Labute approximate surface area is 266 Å². The van der Waals surface area contributed by atoms with Crippen molar-refractivity contribution in [2.24, 2.45) is 0 Å². The van der Waals surface area contributed by atoms with Gasteiger partial charge < -0.3 is 19.6 Å². The number of alkyl halides is 3. The molecule has 0 saturated carbocycles. The molecular formula is C29H21CaClF4NO5+. The maximum absolute atomic E-state index is 13.5. The van der Waals surface area contributed by atoms with Crippen LogP contribution in [0.25, 0.3) is 22.1 Å². The fourth-order valence-electron chi connectivity index (χ4n) is 4.39. The Balaban J connectivity index is 0.00000462. The van der Waals surface area contributed by atoms with Crippen molar-refractivity contribution in [1.82, 2.24) is 0 Å². The molecule has 208 valence electrons. The van der Waals surface area contributed by atoms with Crippen molar-refractivity contribution in [2.45, 2.75) is 38.8 Å². The number of carbonyl (C=O) groups excluding carboxylic acids is 2. The molecule has 0 aliphatic carbocycles. The molecule has 3 aromatic carbocycles. The Kier molecular flexibility index (Phi) is 10.6. The van der Waals surface area contributed by atoms with Crippen molar-refractivity contribution in [1.29, 1.82) is 0 Å². The van der Waals surface area contributed by atoms with Gasteiger partial charge in [0, 0.05) is 28.0 Å². The van der Waals surface area contributed by atoms with Gasteiger partial charge >= 0.3 is 49.5 Å². The van der Waals surface area contributed by atoms with E-state index in [1.807, 2.05) is 0 Å². The number of carboxylic acid groups (broad SMARTS) is 1. The van der Waals surface area contributed by atoms with E-state index in [0.717, 1.165) is 17.7 Å². The van der Waals surface area contributed by atoms with Crippen molar-refractivity contribution in [3.05, 3.63) is 98.1 Å². The molecule has 0 saturated heterocycles. The molecule has 0 fully saturated rings. The monoisotopic (exact) mass is 614 g/mol. The van der Waals surface area contributed by atoms with Crippen molar-refractivity contribution >= 4 is 77.9 Å². The van der Waals surface area contributed by atoms with E-state index in [9.17, 15) is 37.1 Å². The fraction of sp³-hybridized carbons (Fsp3) is 0.207. The number of rotatable bonds is 8. The van der Waals surface area contributed by atoms with E-state index in [4.69, 9.17) is 16.0 Å². The molecule has 0 unspecified atom stereocenters. The van der Waals surface area contributed by atoms with Gasteiger partial charge in [-0.25, -0.2) is 9.18 Å². The number of carbonyl (C=O) groups is 2. The minimum absolute atomic E-state index is 0. The van der Waals surface area contributed by atoms with Gasteiger partial charge in [0.25, 0.3) is 0 Å². The van der Waals surface area contributed by atoms with Crippen LogP contribution in [0, 0.1) is 12.7 Å². The number of anilines is 1. The van der Waals surface area contributed by atoms with Gasteiger partial charge in [0.2, 0.25) is 5.91 Å². The summed E-state index contributed by atoms with van der Waals surface area (Å²) in [5, 5.41) is 13.7. The Morgan fingerprint density at radius 3 is 2.49 bits per heavy atom. The van der Waals surface area contributed by atoms with Gasteiger partial charge in [-0.15, -0.1) is 0 Å². The van der Waals surface area contributed by atoms with E-state index < -0.39 is 47.2 Å². The largest absolute Gasteiger partial charge is 2.00 e. The van der Waals surface area contributed by atoms with Gasteiger partial charge in [0.15, 0.2) is 0 Å². The summed E-state index contributed by atoms with van der Waals surface area (Å²) in [4.78, 5) is 36.9. The minimum atomic E-state index is -4.94. The van der Waals surface area contributed by atoms with Crippen LogP contribution in [0.5, 0.6) is 0 Å². The quantitative estimate of drug-likeness (QED) is 0.162. The average Bonchev–Trinajstić information content (AvgIpc) is 2.86. The molecular weight excluding hydrogens is 594 g/mol. The van der Waals surface area contributed by atoms with Gasteiger partial charge in [0.1, 0.15) is 11.4 Å². The smallest absolute Gasteiger partial charge is 0.550 e. The van der Waals surface area contributed by atoms with Crippen LogP contribution in [-0.4, -0.2) is 49.6 Å². The summed E-state index contributed by atoms with van der Waals surface area (Å²) >= 11 is 6.23. The Morgan fingerprint density at radius 1 is 1.07 bits per heavy atom. The number of benzene rings is 3. The molecule has 1 N–H and O–H groups in total. The molecule has 6 nitrogen and oxygen atoms in total. The fourth-order valence-corrected chi connectivity index (χ4v) is 4.55. The zero-order valence-electron chi connectivity index (χ0n) is 21.7. The first kappa shape index (κ1) is 32.6. The Hall–Kier alpha value is -2.92. The third kappa shape index (κ3) is 7.88. The summed E-state index contributed by atoms with van der Waals surface area (Å²) in [7, 11) is 0. The standard InChI is InChI=1S/C29H22ClF4NO5.Ca/c1-15-10-19-24(14-22(15)30)40-28(39)20(27(19)17-6-2-4-16(11-17)5-3-7-26(37)38)13-25(36)35-23-9-8-18(31)12-21(23)29(32,33)34;/h2,4,6,8-12,14H,3,5,7,13H2,1H3,(H,35,36)(H,37,38);/q;+2/p-1. The van der Waals surface area contributed by atoms with Crippen molar-refractivity contribution in [2.75, 3.05) is 5.32 Å². The van der Waals surface area contributed by atoms with E-state index in [1.165, 1.54) is 6.07 Å². The van der Waals surface area contributed by atoms with Crippen LogP contribution < -0.4 is 16.0 Å². The predicted molar refractivity (Wildman–Crippen MR) is 145 cm³/mol. The van der Waals surface area contributed by atoms with Crippen LogP contribution in [-0.2, 0) is 28.6 Å². The van der Waals surface area contributed by atoms with E-state index in [2.05, 4.69) is 5.32 Å². The molecule has 0 aliphatic heterocycles. The van der Waals surface area contributed by atoms with Gasteiger partial charge in [-0.2, -0.15) is 13.2 Å². The molecule has 0 bridgehead atoms. The number of hydrogen-bond acceptors (Lipinski definition) is 5. The summed E-state index contributed by atoms with van der Waals surface area (Å²) in [6.07, 6.45) is -5.03. The maximum atomic E-state index is 13.5. The number of aryl methyl sites for hydroxylation is 2. The number of aliphatic carboxylic acids is 1. The number of halogens is 5. The predicted octanol–water partition coefficient (Wildman–Crippen LogP) is 5.45. The first-order valence-electron chi connectivity index (χ1n) is 12.0. The Bertz CT molecular complexity index is 1690. The first-order chi connectivity index (χ1) is 18.8. The molecule has 41 heavy (non-hydrogen) atoms. The molecule has 0 aliphatic rings. The first-order valence-corrected chi connectivity index (χ1v) is 12.4. The summed E-state index contributed by atoms with van der Waals surface area (Å²) in [5.41, 5.74) is -0.689. The normalized spacial score (nSPS) is 11.3. The maximum Gasteiger partial charge on any atom is 2.00 e. The second-order valence-electron chi connectivity index (χ2n) is 9.18. The van der Waals surface area contributed by atoms with Gasteiger partial charge in [0.05, 0.1) is 23.2 Å². The number of nitrogens with one attached hydrogen (secondary N) is 1. The molecule has 1 aromatic heterocycles. The minimum Gasteiger partial charge on any atom is -0.550 e. The summed E-state index contributed by atoms with van der Waals surface area (Å²) < 4.78 is 59.3. The number of hydrogen-bond donors (Lipinski definition) is 1. The zero-order valence-corrected chi connectivity index (χ0v) is 24.6. The van der Waals surface area contributed by atoms with Crippen LogP contribution in [0.15, 0.2) is 63.8 Å². The molecule has 4 rings (SSSR count). The molecule has 4 aromatic rings. The van der Waals surface area contributed by atoms with Gasteiger partial charge in [-0.3, -0.25) is 4.79 Å². The van der Waals surface area contributed by atoms with E-state index >= 15 is 0 Å². The third-order valence-electron chi connectivity index (χ3n) is 6.24. The van der Waals surface area contributed by atoms with E-state index in [1.54, 1.807) is 37.3 Å². The Morgan fingerprint density at radius 2 is 1.80 bits per heavy atom. The second-order valence-corrected chi connectivity index (χ2v) is 9.59. The molecule has 0 spiro atoms. The van der Waals surface area contributed by atoms with Crippen molar-refractivity contribution in [3.8, 4) is 11.1 Å². The summed E-state index contributed by atoms with van der Waals surface area (Å²) in [5.74, 6) is -3.27. The van der Waals surface area contributed by atoms with Crippen LogP contribution in [0.4, 0.5) is 23.2 Å². The van der Waals surface area contributed by atoms with Crippen molar-refractivity contribution in [3.63, 3.8) is 0 Å². The number of fused-ring (bicyclic) bond motifs is 1. The van der Waals surface area contributed by atoms with Gasteiger partial charge in [-0.1, -0.05) is 35.9 Å². The SMILES string of the molecule is Cc1cc2c(-c3cccc(CCCC(=O)[O-])c3)c(CC(=O)Nc3ccc(F)cc3C(F)(F)F)c(=O)oc2cc1Cl.[Ca+2]. The molecule has 0 atom stereocenters. The number of amides is 1. The average molecular weight is 615 g/mol. The van der Waals surface area contributed by atoms with Gasteiger partial charge in [-0.05, 0) is 67.1 Å². The third-order valence-corrected chi connectivity index (χ3v) is 6.65. The number of carboxylic acids is 1. The van der Waals surface area contributed by atoms with Crippen molar-refractivity contribution < 1.29 is 36.7 Å². The second kappa shape index (κ2) is 13.4. The molecule has 1 amide bonds. The summed E-state index contributed by atoms with van der Waals surface area (Å²) in [6, 6.07) is 11.9. The zero-order chi connectivity index (χ0) is 29.2. The van der Waals surface area contributed by atoms with E-state index in [-0.39, 0.29) is 61.4 Å². The van der Waals surface area contributed by atoms with Crippen LogP contribution >= 0.6 is 11.6 Å². The van der Waals surface area contributed by atoms with Crippen LogP contribution in [0.1, 0.15) is 35.1 Å². The molecule has 1 heterocycles. The summed E-state index contributed by atoms with van der Waals surface area (Å²) in [6.45, 7) is 1.73. The van der Waals surface area contributed by atoms with E-state index in [0.29, 0.717) is 39.9 Å². The molecule has 0 radical (unpaired) electrons. The topological polar surface area (TPSA) is 99.4 Å². The van der Waals surface area contributed by atoms with Crippen LogP contribution in [0.2, 0.25) is 5.02 Å².